The number of aliphatic carboxylic acids is 1. The van der Waals surface area contributed by atoms with Crippen LogP contribution in [0.2, 0.25) is 16.0 Å². The maximum atomic E-state index is 11.1. The zero-order valence-electron chi connectivity index (χ0n) is 17.3. The van der Waals surface area contributed by atoms with E-state index in [0.29, 0.717) is 34.6 Å². The average molecular weight is 510 g/mol. The Kier molecular flexibility index (Phi) is 8.20. The fourth-order valence-electron chi connectivity index (χ4n) is 3.39. The summed E-state index contributed by atoms with van der Waals surface area (Å²) < 4.78 is 7.57. The van der Waals surface area contributed by atoms with Crippen LogP contribution in [0, 0.1) is 12.3 Å². The molecule has 0 aliphatic carbocycles. The van der Waals surface area contributed by atoms with Gasteiger partial charge in [-0.2, -0.15) is 0 Å². The second-order valence-electron chi connectivity index (χ2n) is 7.39. The van der Waals surface area contributed by atoms with E-state index in [-0.39, 0.29) is 5.82 Å². The van der Waals surface area contributed by atoms with Crippen LogP contribution in [0.4, 0.5) is 5.82 Å². The Morgan fingerprint density at radius 3 is 2.84 bits per heavy atom. The Morgan fingerprint density at radius 2 is 2.12 bits per heavy atom. The normalized spacial score (nSPS) is 25.2. The predicted octanol–water partition coefficient (Wildman–Crippen LogP) is -0.0960. The maximum absolute atomic E-state index is 11.1. The van der Waals surface area contributed by atoms with Gasteiger partial charge in [0.2, 0.25) is 0 Å². The molecule has 32 heavy (non-hydrogen) atoms. The fourth-order valence-corrected chi connectivity index (χ4v) is 8.02. The van der Waals surface area contributed by atoms with Crippen molar-refractivity contribution in [1.82, 2.24) is 19.5 Å². The zero-order chi connectivity index (χ0) is 23.3. The summed E-state index contributed by atoms with van der Waals surface area (Å²) in [5.74, 6) is 1.70. The topological polar surface area (TPSA) is 183 Å². The van der Waals surface area contributed by atoms with Crippen LogP contribution in [0.25, 0.3) is 11.2 Å². The van der Waals surface area contributed by atoms with Crippen molar-refractivity contribution in [3.63, 3.8) is 0 Å². The number of carboxylic acid groups (broad SMARTS) is 1. The number of hydrogen-bond acceptors (Lipinski definition) is 9. The van der Waals surface area contributed by atoms with Crippen molar-refractivity contribution in [3.8, 4) is 12.3 Å². The molecular formula is C20H27N6O5Se+. The molecule has 0 aromatic carbocycles. The molecule has 2 aromatic heterocycles. The van der Waals surface area contributed by atoms with Gasteiger partial charge >= 0.3 is 189 Å². The van der Waals surface area contributed by atoms with Crippen molar-refractivity contribution in [1.29, 1.82) is 0 Å². The molecule has 6 atom stereocenters. The third-order valence-electron chi connectivity index (χ3n) is 5.17. The second kappa shape index (κ2) is 10.9. The molecule has 0 saturated carbocycles. The summed E-state index contributed by atoms with van der Waals surface area (Å²) in [6.07, 6.45) is 8.90. The molecule has 0 radical (unpaired) electrons. The summed E-state index contributed by atoms with van der Waals surface area (Å²) in [4.78, 5) is 23.3. The first-order valence-electron chi connectivity index (χ1n) is 9.99. The van der Waals surface area contributed by atoms with Crippen molar-refractivity contribution >= 4 is 36.9 Å². The molecule has 11 nitrogen and oxygen atoms in total. The van der Waals surface area contributed by atoms with Crippen molar-refractivity contribution in [2.45, 2.75) is 59.4 Å². The molecule has 1 aliphatic heterocycles. The zero-order valence-corrected chi connectivity index (χ0v) is 19.0. The van der Waals surface area contributed by atoms with Gasteiger partial charge in [-0.05, 0) is 0 Å². The Balaban J connectivity index is 1.73. The molecule has 1 saturated heterocycles. The number of carbonyl (C=O) groups is 1. The van der Waals surface area contributed by atoms with E-state index in [9.17, 15) is 15.0 Å². The minimum absolute atomic E-state index is 0.207. The van der Waals surface area contributed by atoms with Gasteiger partial charge in [-0.1, -0.05) is 0 Å². The Hall–Kier alpha value is -2.52. The van der Waals surface area contributed by atoms with E-state index in [0.717, 1.165) is 5.32 Å². The molecule has 0 amide bonds. The molecule has 3 rings (SSSR count). The van der Waals surface area contributed by atoms with Crippen LogP contribution >= 0.6 is 0 Å². The van der Waals surface area contributed by atoms with Crippen LogP contribution in [0.3, 0.4) is 0 Å². The number of rotatable bonds is 10. The van der Waals surface area contributed by atoms with E-state index < -0.39 is 50.5 Å². The number of carboxylic acids is 1. The summed E-state index contributed by atoms with van der Waals surface area (Å²) in [5, 5.41) is 32.3. The van der Waals surface area contributed by atoms with Gasteiger partial charge in [-0.15, -0.1) is 0 Å². The molecule has 172 valence electrons. The van der Waals surface area contributed by atoms with E-state index in [2.05, 4.69) is 20.9 Å². The summed E-state index contributed by atoms with van der Waals surface area (Å²) in [5.41, 5.74) is 12.3. The van der Waals surface area contributed by atoms with Gasteiger partial charge in [0.05, 0.1) is 0 Å². The molecule has 0 bridgehead atoms. The predicted molar refractivity (Wildman–Crippen MR) is 119 cm³/mol. The molecule has 0 spiro atoms. The molecule has 2 aromatic rings. The number of imidazole rings is 1. The average Bonchev–Trinajstić information content (AvgIpc) is 3.31. The Labute approximate surface area is 189 Å². The Bertz CT molecular complexity index is 1010. The molecule has 1 unspecified atom stereocenters. The number of hydrogen-bond donors (Lipinski definition) is 5. The Morgan fingerprint density at radius 1 is 1.34 bits per heavy atom. The quantitative estimate of drug-likeness (QED) is 0.164. The summed E-state index contributed by atoms with van der Waals surface area (Å²) in [7, 11) is 0. The summed E-state index contributed by atoms with van der Waals surface area (Å²) in [6, 6.07) is -0.939. The van der Waals surface area contributed by atoms with E-state index in [1.165, 1.54) is 17.2 Å². The number of nitrogens with zero attached hydrogens (tertiary/aromatic N) is 4. The van der Waals surface area contributed by atoms with Crippen molar-refractivity contribution in [2.24, 2.45) is 5.73 Å². The number of anilines is 1. The van der Waals surface area contributed by atoms with Crippen molar-refractivity contribution < 1.29 is 24.9 Å². The van der Waals surface area contributed by atoms with Crippen LogP contribution in [-0.4, -0.2) is 79.1 Å². The molecule has 3 heterocycles. The number of aliphatic hydroxyl groups excluding tert-OH is 2. The number of allylic oxidation sites excluding steroid dienone is 2. The van der Waals surface area contributed by atoms with Crippen LogP contribution in [-0.2, 0) is 9.53 Å². The van der Waals surface area contributed by atoms with Gasteiger partial charge in [0.25, 0.3) is 0 Å². The number of aromatic nitrogens is 4. The van der Waals surface area contributed by atoms with E-state index in [1.54, 1.807) is 0 Å². The van der Waals surface area contributed by atoms with Crippen LogP contribution < -0.4 is 11.5 Å². The fraction of sp³-hybridized carbons (Fsp3) is 0.500. The summed E-state index contributed by atoms with van der Waals surface area (Å²) >= 11 is -1.46. The molecule has 1 aliphatic rings. The van der Waals surface area contributed by atoms with Crippen LogP contribution in [0.15, 0.2) is 24.8 Å². The van der Waals surface area contributed by atoms with Crippen LogP contribution in [0.1, 0.15) is 19.1 Å². The number of ether oxygens (including phenoxy) is 1. The van der Waals surface area contributed by atoms with E-state index >= 15 is 0 Å². The first-order chi connectivity index (χ1) is 15.3. The van der Waals surface area contributed by atoms with Gasteiger partial charge in [0, 0.05) is 0 Å². The van der Waals surface area contributed by atoms with Crippen LogP contribution in [0.5, 0.6) is 0 Å². The van der Waals surface area contributed by atoms with Crippen molar-refractivity contribution in [2.75, 3.05) is 5.73 Å². The number of nitrogen functional groups attached to an aromatic ring is 1. The van der Waals surface area contributed by atoms with Gasteiger partial charge < -0.3 is 0 Å². The number of fused-ring (bicyclic) bond motifs is 1. The standard InChI is InChI=1S/C20H26N6O5Se/c1-2-3-4-5-7-32(8-6-12(21)20(29)30)9-13-15(27)16(28)19(31-13)26-11-25-14-17(22)23-10-24-18(14)26/h1,4-5,10-13,15-16,19,27-28H,3,6-9,21H2,(H2-,22,23,24,29,30)/p+1/b5-4+/t12-,13+,15+,16+,19+,32?/m0/s1. The van der Waals surface area contributed by atoms with E-state index in [4.69, 9.17) is 27.7 Å². The second-order valence-corrected chi connectivity index (χ2v) is 12.2. The molecule has 1 fully saturated rings. The van der Waals surface area contributed by atoms with E-state index in [1.807, 2.05) is 12.2 Å². The monoisotopic (exact) mass is 511 g/mol. The molecule has 12 heteroatoms. The van der Waals surface area contributed by atoms with Gasteiger partial charge in [-0.25, -0.2) is 0 Å². The third kappa shape index (κ3) is 5.45. The SMILES string of the molecule is C#CC/C=C/C[Se+](CC[C@H](N)C(=O)O)C[C@H]1O[C@@H](n2cnc3c(N)ncnc32)[C@H](O)[C@@H]1O. The number of terminal acetylenes is 1. The van der Waals surface area contributed by atoms with Gasteiger partial charge in [0.15, 0.2) is 0 Å². The minimum atomic E-state index is -1.46. The number of aliphatic hydroxyl groups is 2. The molecule has 7 N–H and O–H groups in total. The van der Waals surface area contributed by atoms with Gasteiger partial charge in [-0.3, -0.25) is 0 Å². The first-order valence-corrected chi connectivity index (χ1v) is 13.6. The number of nitrogens with two attached hydrogens (primary N) is 2. The third-order valence-corrected chi connectivity index (χ3v) is 9.94. The summed E-state index contributed by atoms with van der Waals surface area (Å²) in [6.45, 7) is 0. The van der Waals surface area contributed by atoms with Crippen molar-refractivity contribution in [3.05, 3.63) is 24.8 Å². The first kappa shape index (κ1) is 24.1. The molecular weight excluding hydrogens is 483 g/mol. The van der Waals surface area contributed by atoms with Gasteiger partial charge in [0.1, 0.15) is 0 Å².